The molecule has 4 nitrogen and oxygen atoms in total. The van der Waals surface area contributed by atoms with Crippen LogP contribution in [0.1, 0.15) is 406 Å². The number of aliphatic hydroxyl groups excluding tert-OH is 2. The number of hydrogen-bond donors (Lipinski definition) is 3. The second-order valence-corrected chi connectivity index (χ2v) is 24.6. The molecule has 0 aromatic carbocycles. The largest absolute Gasteiger partial charge is 0.394 e. The molecule has 0 aromatic rings. The molecule has 2 unspecified atom stereocenters. The summed E-state index contributed by atoms with van der Waals surface area (Å²) < 4.78 is 0. The summed E-state index contributed by atoms with van der Waals surface area (Å²) >= 11 is 0. The quantitative estimate of drug-likeness (QED) is 0.0420. The summed E-state index contributed by atoms with van der Waals surface area (Å²) in [6, 6.07) is -0.646. The van der Waals surface area contributed by atoms with E-state index in [0.29, 0.717) is 6.42 Å². The van der Waals surface area contributed by atoms with Crippen molar-refractivity contribution in [2.75, 3.05) is 6.61 Å². The molecule has 0 fully saturated rings. The molecule has 3 N–H and O–H groups in total. The topological polar surface area (TPSA) is 69.6 Å². The predicted octanol–water partition coefficient (Wildman–Crippen LogP) is 24.3. The minimum absolute atomic E-state index is 0.0692. The third kappa shape index (κ3) is 65.3. The number of rotatable bonds is 67. The highest BCUT2D eigenvalue weighted by molar-refractivity contribution is 5.76. The van der Waals surface area contributed by atoms with Gasteiger partial charge in [0.25, 0.3) is 0 Å². The highest BCUT2D eigenvalue weighted by atomic mass is 16.3. The molecule has 1 amide bonds. The second-order valence-electron chi connectivity index (χ2n) is 24.6. The van der Waals surface area contributed by atoms with Crippen molar-refractivity contribution >= 4 is 5.91 Å². The van der Waals surface area contributed by atoms with Crippen LogP contribution >= 0.6 is 0 Å². The zero-order chi connectivity index (χ0) is 55.5. The van der Waals surface area contributed by atoms with E-state index in [2.05, 4.69) is 43.5 Å². The predicted molar refractivity (Wildman–Crippen MR) is 345 cm³/mol. The maximum absolute atomic E-state index is 12.5. The minimum atomic E-state index is -0.871. The van der Waals surface area contributed by atoms with Gasteiger partial charge >= 0.3 is 0 Å². The Labute approximate surface area is 484 Å². The van der Waals surface area contributed by atoms with Crippen molar-refractivity contribution in [3.8, 4) is 0 Å². The Morgan fingerprint density at radius 2 is 0.506 bits per heavy atom. The van der Waals surface area contributed by atoms with Crippen LogP contribution in [0.4, 0.5) is 0 Å². The number of nitrogens with one attached hydrogen (secondary N) is 1. The zero-order valence-electron chi connectivity index (χ0n) is 52.8. The molecule has 0 aliphatic heterocycles. The molecule has 0 aliphatic carbocycles. The van der Waals surface area contributed by atoms with E-state index in [4.69, 9.17) is 0 Å². The molecule has 0 rings (SSSR count). The van der Waals surface area contributed by atoms with Crippen LogP contribution in [-0.2, 0) is 4.79 Å². The maximum Gasteiger partial charge on any atom is 0.220 e. The molecule has 0 bridgehead atoms. The van der Waals surface area contributed by atoms with Gasteiger partial charge in [-0.15, -0.1) is 0 Å². The first-order valence-electron chi connectivity index (χ1n) is 35.7. The summed E-state index contributed by atoms with van der Waals surface area (Å²) in [4.78, 5) is 12.5. The molecule has 4 heteroatoms. The fourth-order valence-electron chi connectivity index (χ4n) is 11.5. The Kier molecular flexibility index (Phi) is 67.6. The van der Waals surface area contributed by atoms with Crippen LogP contribution in [0.15, 0.2) is 36.5 Å². The van der Waals surface area contributed by atoms with E-state index in [-0.39, 0.29) is 12.5 Å². The summed E-state index contributed by atoms with van der Waals surface area (Å²) in [5.74, 6) is -0.0692. The Hall–Kier alpha value is -1.39. The van der Waals surface area contributed by atoms with Crippen LogP contribution in [0.25, 0.3) is 0 Å². The van der Waals surface area contributed by atoms with Crippen LogP contribution in [0, 0.1) is 0 Å². The van der Waals surface area contributed by atoms with Crippen molar-refractivity contribution < 1.29 is 15.0 Å². The Bertz CT molecular complexity index is 1180. The van der Waals surface area contributed by atoms with Gasteiger partial charge in [-0.2, -0.15) is 0 Å². The first-order valence-corrected chi connectivity index (χ1v) is 35.7. The summed E-state index contributed by atoms with van der Waals surface area (Å²) in [7, 11) is 0. The first-order chi connectivity index (χ1) is 38.2. The molecule has 0 radical (unpaired) electrons. The van der Waals surface area contributed by atoms with Gasteiger partial charge in [0.1, 0.15) is 0 Å². The standard InChI is InChI=1S/C73H141NO3/c1-3-5-7-9-11-13-15-17-19-21-23-25-27-29-31-33-35-36-37-39-41-43-45-47-49-51-53-55-57-59-61-63-65-67-69-73(77)74-71(70-75)72(76)68-66-64-62-60-58-56-54-52-50-48-46-44-42-40-38-34-32-30-28-26-24-22-20-18-16-14-12-10-8-6-4-2/h50,52,58,60,66,68,71-72,75-76H,3-49,51,53-57,59,61-65,67,69-70H2,1-2H3,(H,74,77)/b52-50+,60-58+,68-66+. The lowest BCUT2D eigenvalue weighted by molar-refractivity contribution is -0.123. The number of hydrogen-bond acceptors (Lipinski definition) is 3. The monoisotopic (exact) mass is 1080 g/mol. The van der Waals surface area contributed by atoms with Crippen molar-refractivity contribution in [2.45, 2.75) is 418 Å². The lowest BCUT2D eigenvalue weighted by Crippen LogP contribution is -2.45. The molecular formula is C73H141NO3. The van der Waals surface area contributed by atoms with Crippen molar-refractivity contribution in [2.24, 2.45) is 0 Å². The Balaban J connectivity index is 3.45. The zero-order valence-corrected chi connectivity index (χ0v) is 52.8. The molecule has 2 atom stereocenters. The lowest BCUT2D eigenvalue weighted by Gasteiger charge is -2.19. The van der Waals surface area contributed by atoms with Crippen LogP contribution < -0.4 is 5.32 Å². The van der Waals surface area contributed by atoms with Crippen molar-refractivity contribution in [3.05, 3.63) is 36.5 Å². The van der Waals surface area contributed by atoms with E-state index in [0.717, 1.165) is 38.5 Å². The first kappa shape index (κ1) is 75.6. The van der Waals surface area contributed by atoms with Crippen LogP contribution in [0.5, 0.6) is 0 Å². The van der Waals surface area contributed by atoms with Crippen molar-refractivity contribution in [3.63, 3.8) is 0 Å². The number of amides is 1. The second kappa shape index (κ2) is 68.9. The molecule has 0 heterocycles. The van der Waals surface area contributed by atoms with Gasteiger partial charge in [-0.25, -0.2) is 0 Å². The fourth-order valence-corrected chi connectivity index (χ4v) is 11.5. The highest BCUT2D eigenvalue weighted by Gasteiger charge is 2.18. The van der Waals surface area contributed by atoms with E-state index in [1.165, 1.54) is 347 Å². The Morgan fingerprint density at radius 3 is 0.753 bits per heavy atom. The van der Waals surface area contributed by atoms with Gasteiger partial charge in [0.05, 0.1) is 18.8 Å². The number of unbranched alkanes of at least 4 members (excludes halogenated alkanes) is 56. The number of allylic oxidation sites excluding steroid dienone is 5. The molecule has 0 aliphatic rings. The van der Waals surface area contributed by atoms with E-state index in [9.17, 15) is 15.0 Å². The number of carbonyl (C=O) groups is 1. The number of aliphatic hydroxyl groups is 2. The van der Waals surface area contributed by atoms with Gasteiger partial charge < -0.3 is 15.5 Å². The van der Waals surface area contributed by atoms with E-state index in [1.54, 1.807) is 6.08 Å². The van der Waals surface area contributed by atoms with E-state index in [1.807, 2.05) is 6.08 Å². The SMILES string of the molecule is CCCCCCCCCCCCCCCCCCCCCCC/C=C/CC/C=C/CC/C=C/C(O)C(CO)NC(=O)CCCCCCCCCCCCCCCCCCCCCCCCCCCCCCCCCCCC. The third-order valence-corrected chi connectivity index (χ3v) is 16.9. The minimum Gasteiger partial charge on any atom is -0.394 e. The van der Waals surface area contributed by atoms with Crippen LogP contribution in [-0.4, -0.2) is 34.9 Å². The van der Waals surface area contributed by atoms with Crippen LogP contribution in [0.2, 0.25) is 0 Å². The average molecular weight is 1080 g/mol. The molecule has 77 heavy (non-hydrogen) atoms. The van der Waals surface area contributed by atoms with Gasteiger partial charge in [0.2, 0.25) is 5.91 Å². The van der Waals surface area contributed by atoms with Crippen molar-refractivity contribution in [1.29, 1.82) is 0 Å². The van der Waals surface area contributed by atoms with Crippen LogP contribution in [0.3, 0.4) is 0 Å². The van der Waals surface area contributed by atoms with E-state index < -0.39 is 12.1 Å². The number of carbonyl (C=O) groups excluding carboxylic acids is 1. The molecule has 0 spiro atoms. The normalized spacial score (nSPS) is 12.8. The Morgan fingerprint density at radius 1 is 0.299 bits per heavy atom. The van der Waals surface area contributed by atoms with Gasteiger partial charge in [0, 0.05) is 6.42 Å². The fraction of sp³-hybridized carbons (Fsp3) is 0.904. The average Bonchev–Trinajstić information content (AvgIpc) is 3.43. The van der Waals surface area contributed by atoms with Gasteiger partial charge in [-0.1, -0.05) is 391 Å². The van der Waals surface area contributed by atoms with Gasteiger partial charge in [-0.3, -0.25) is 4.79 Å². The maximum atomic E-state index is 12.5. The molecule has 0 aromatic heterocycles. The van der Waals surface area contributed by atoms with Crippen molar-refractivity contribution in [1.82, 2.24) is 5.32 Å². The van der Waals surface area contributed by atoms with Gasteiger partial charge in [0.15, 0.2) is 0 Å². The summed E-state index contributed by atoms with van der Waals surface area (Å²) in [5, 5.41) is 23.3. The molecule has 456 valence electrons. The smallest absolute Gasteiger partial charge is 0.220 e. The highest BCUT2D eigenvalue weighted by Crippen LogP contribution is 2.19. The van der Waals surface area contributed by atoms with E-state index >= 15 is 0 Å². The molecular weight excluding hydrogens is 939 g/mol. The summed E-state index contributed by atoms with van der Waals surface area (Å²) in [5.41, 5.74) is 0. The lowest BCUT2D eigenvalue weighted by atomic mass is 10.0. The molecule has 0 saturated carbocycles. The molecule has 0 saturated heterocycles. The summed E-state index contributed by atoms with van der Waals surface area (Å²) in [6.45, 7) is 4.35. The third-order valence-electron chi connectivity index (χ3n) is 16.9. The van der Waals surface area contributed by atoms with Gasteiger partial charge in [-0.05, 0) is 44.9 Å². The summed E-state index contributed by atoms with van der Waals surface area (Å²) in [6.07, 6.45) is 95.4.